The molecule has 2 aromatic rings. The molecule has 0 aliphatic carbocycles. The van der Waals surface area contributed by atoms with Crippen LogP contribution in [0.4, 0.5) is 11.8 Å². The van der Waals surface area contributed by atoms with Crippen LogP contribution in [0, 0.1) is 13.8 Å². The number of aryl methyl sites for hydroxylation is 2. The van der Waals surface area contributed by atoms with Gasteiger partial charge in [0.1, 0.15) is 5.82 Å². The largest absolute Gasteiger partial charge is 0.390 e. The van der Waals surface area contributed by atoms with Crippen molar-refractivity contribution in [3.05, 3.63) is 17.3 Å². The maximum absolute atomic E-state index is 9.87. The standard InChI is InChI=1S/C14H20N6O/c1-7-4-8(2)17-13-11(7)12(15-3)19-14(20-13)18-9-5-16-6-10(9)21/h4,9-10,16,21H,5-6H2,1-3H3,(H2,15,17,18,19,20)/t9-,10+/m0/s1. The van der Waals surface area contributed by atoms with E-state index in [0.717, 1.165) is 22.5 Å². The molecule has 7 heteroatoms. The summed E-state index contributed by atoms with van der Waals surface area (Å²) >= 11 is 0. The van der Waals surface area contributed by atoms with Crippen LogP contribution < -0.4 is 16.0 Å². The maximum atomic E-state index is 9.87. The minimum Gasteiger partial charge on any atom is -0.390 e. The molecule has 0 bridgehead atoms. The van der Waals surface area contributed by atoms with E-state index in [-0.39, 0.29) is 6.04 Å². The van der Waals surface area contributed by atoms with Gasteiger partial charge in [-0.2, -0.15) is 9.97 Å². The topological polar surface area (TPSA) is 95.0 Å². The van der Waals surface area contributed by atoms with Crippen molar-refractivity contribution in [3.63, 3.8) is 0 Å². The summed E-state index contributed by atoms with van der Waals surface area (Å²) in [7, 11) is 1.83. The third-order valence-corrected chi connectivity index (χ3v) is 3.73. The second-order valence-electron chi connectivity index (χ2n) is 5.40. The van der Waals surface area contributed by atoms with Gasteiger partial charge in [-0.05, 0) is 25.5 Å². The third kappa shape index (κ3) is 2.62. The van der Waals surface area contributed by atoms with Crippen molar-refractivity contribution >= 4 is 22.8 Å². The van der Waals surface area contributed by atoms with Crippen LogP contribution in [0.15, 0.2) is 6.07 Å². The summed E-state index contributed by atoms with van der Waals surface area (Å²) in [6.07, 6.45) is -0.436. The number of nitrogens with zero attached hydrogens (tertiary/aromatic N) is 3. The van der Waals surface area contributed by atoms with Crippen LogP contribution >= 0.6 is 0 Å². The molecule has 1 fully saturated rings. The van der Waals surface area contributed by atoms with Crippen LogP contribution in [-0.2, 0) is 0 Å². The molecular weight excluding hydrogens is 268 g/mol. The molecule has 1 saturated heterocycles. The predicted molar refractivity (Wildman–Crippen MR) is 82.6 cm³/mol. The molecule has 1 aliphatic rings. The predicted octanol–water partition coefficient (Wildman–Crippen LogP) is 0.428. The van der Waals surface area contributed by atoms with E-state index < -0.39 is 6.10 Å². The van der Waals surface area contributed by atoms with E-state index in [0.29, 0.717) is 24.7 Å². The number of aromatic nitrogens is 3. The molecule has 3 heterocycles. The molecule has 2 atom stereocenters. The third-order valence-electron chi connectivity index (χ3n) is 3.73. The van der Waals surface area contributed by atoms with Gasteiger partial charge in [-0.3, -0.25) is 0 Å². The summed E-state index contributed by atoms with van der Waals surface area (Å²) in [5, 5.41) is 20.2. The Morgan fingerprint density at radius 1 is 1.24 bits per heavy atom. The average Bonchev–Trinajstić information content (AvgIpc) is 2.82. The Bertz CT molecular complexity index is 674. The van der Waals surface area contributed by atoms with Gasteiger partial charge in [0.2, 0.25) is 5.95 Å². The summed E-state index contributed by atoms with van der Waals surface area (Å²) in [6, 6.07) is 1.93. The van der Waals surface area contributed by atoms with Crippen molar-refractivity contribution < 1.29 is 5.11 Å². The van der Waals surface area contributed by atoms with Gasteiger partial charge < -0.3 is 21.1 Å². The second-order valence-corrected chi connectivity index (χ2v) is 5.40. The van der Waals surface area contributed by atoms with Crippen molar-refractivity contribution in [3.8, 4) is 0 Å². The Hall–Kier alpha value is -1.99. The molecule has 0 spiro atoms. The zero-order chi connectivity index (χ0) is 15.0. The van der Waals surface area contributed by atoms with Gasteiger partial charge in [-0.1, -0.05) is 0 Å². The molecule has 4 N–H and O–H groups in total. The quantitative estimate of drug-likeness (QED) is 0.650. The summed E-state index contributed by atoms with van der Waals surface area (Å²) < 4.78 is 0. The fourth-order valence-corrected chi connectivity index (χ4v) is 2.70. The zero-order valence-electron chi connectivity index (χ0n) is 12.4. The van der Waals surface area contributed by atoms with Crippen LogP contribution in [0.3, 0.4) is 0 Å². The lowest BCUT2D eigenvalue weighted by molar-refractivity contribution is 0.185. The maximum Gasteiger partial charge on any atom is 0.227 e. The molecule has 0 saturated carbocycles. The summed E-state index contributed by atoms with van der Waals surface area (Å²) in [5.41, 5.74) is 2.68. The normalized spacial score (nSPS) is 21.7. The Balaban J connectivity index is 2.04. The molecule has 0 amide bonds. The monoisotopic (exact) mass is 288 g/mol. The molecule has 3 rings (SSSR count). The molecule has 1 aliphatic heterocycles. The smallest absolute Gasteiger partial charge is 0.227 e. The Morgan fingerprint density at radius 2 is 2.05 bits per heavy atom. The molecule has 0 unspecified atom stereocenters. The first-order chi connectivity index (χ1) is 10.1. The lowest BCUT2D eigenvalue weighted by atomic mass is 10.1. The Morgan fingerprint density at radius 3 is 2.71 bits per heavy atom. The molecule has 0 radical (unpaired) electrons. The Labute approximate surface area is 123 Å². The van der Waals surface area contributed by atoms with Gasteiger partial charge in [0, 0.05) is 25.8 Å². The summed E-state index contributed by atoms with van der Waals surface area (Å²) in [6.45, 7) is 5.25. The van der Waals surface area contributed by atoms with E-state index in [4.69, 9.17) is 0 Å². The van der Waals surface area contributed by atoms with Gasteiger partial charge in [0.25, 0.3) is 0 Å². The average molecular weight is 288 g/mol. The van der Waals surface area contributed by atoms with Crippen LogP contribution in [-0.4, -0.2) is 52.3 Å². The number of nitrogens with one attached hydrogen (secondary N) is 3. The van der Waals surface area contributed by atoms with Crippen molar-refractivity contribution in [2.24, 2.45) is 0 Å². The zero-order valence-corrected chi connectivity index (χ0v) is 12.4. The summed E-state index contributed by atoms with van der Waals surface area (Å²) in [4.78, 5) is 13.5. The van der Waals surface area contributed by atoms with Crippen LogP contribution in [0.2, 0.25) is 0 Å². The van der Waals surface area contributed by atoms with E-state index >= 15 is 0 Å². The fraction of sp³-hybridized carbons (Fsp3) is 0.500. The van der Waals surface area contributed by atoms with Crippen molar-refractivity contribution in [1.29, 1.82) is 0 Å². The number of hydrogen-bond acceptors (Lipinski definition) is 7. The molecular formula is C14H20N6O. The highest BCUT2D eigenvalue weighted by Gasteiger charge is 2.25. The van der Waals surface area contributed by atoms with Crippen molar-refractivity contribution in [2.45, 2.75) is 26.0 Å². The second kappa shape index (κ2) is 5.42. The van der Waals surface area contributed by atoms with Crippen LogP contribution in [0.25, 0.3) is 11.0 Å². The highest BCUT2D eigenvalue weighted by Crippen LogP contribution is 2.25. The molecule has 21 heavy (non-hydrogen) atoms. The number of fused-ring (bicyclic) bond motifs is 1. The lowest BCUT2D eigenvalue weighted by Crippen LogP contribution is -2.32. The number of anilines is 2. The van der Waals surface area contributed by atoms with Gasteiger partial charge in [-0.15, -0.1) is 0 Å². The Kier molecular flexibility index (Phi) is 3.60. The van der Waals surface area contributed by atoms with Gasteiger partial charge in [-0.25, -0.2) is 4.98 Å². The van der Waals surface area contributed by atoms with E-state index in [1.807, 2.05) is 27.0 Å². The van der Waals surface area contributed by atoms with E-state index in [1.165, 1.54) is 0 Å². The highest BCUT2D eigenvalue weighted by molar-refractivity contribution is 5.90. The van der Waals surface area contributed by atoms with E-state index in [9.17, 15) is 5.11 Å². The molecule has 112 valence electrons. The minimum absolute atomic E-state index is 0.0851. The number of pyridine rings is 1. The number of hydrogen-bond donors (Lipinski definition) is 4. The SMILES string of the molecule is CNc1nc(N[C@H]2CNC[C@H]2O)nc2nc(C)cc(C)c12. The first-order valence-corrected chi connectivity index (χ1v) is 7.07. The van der Waals surface area contributed by atoms with Crippen LogP contribution in [0.5, 0.6) is 0 Å². The lowest BCUT2D eigenvalue weighted by Gasteiger charge is -2.17. The number of rotatable bonds is 3. The van der Waals surface area contributed by atoms with Crippen molar-refractivity contribution in [2.75, 3.05) is 30.8 Å². The molecule has 7 nitrogen and oxygen atoms in total. The minimum atomic E-state index is -0.436. The number of aliphatic hydroxyl groups excluding tert-OH is 1. The fourth-order valence-electron chi connectivity index (χ4n) is 2.70. The van der Waals surface area contributed by atoms with Gasteiger partial charge in [0.15, 0.2) is 5.65 Å². The van der Waals surface area contributed by atoms with E-state index in [2.05, 4.69) is 30.9 Å². The first kappa shape index (κ1) is 14.0. The number of aliphatic hydroxyl groups is 1. The highest BCUT2D eigenvalue weighted by atomic mass is 16.3. The van der Waals surface area contributed by atoms with Crippen molar-refractivity contribution in [1.82, 2.24) is 20.3 Å². The molecule has 0 aromatic carbocycles. The number of β-amino-alcohol motifs (C(OH)–C–C–N with tert-alkyl or cyclic N) is 1. The first-order valence-electron chi connectivity index (χ1n) is 7.07. The van der Waals surface area contributed by atoms with E-state index in [1.54, 1.807) is 0 Å². The summed E-state index contributed by atoms with van der Waals surface area (Å²) in [5.74, 6) is 1.23. The van der Waals surface area contributed by atoms with Gasteiger partial charge in [0.05, 0.1) is 17.5 Å². The van der Waals surface area contributed by atoms with Gasteiger partial charge >= 0.3 is 0 Å². The molecule has 2 aromatic heterocycles. The van der Waals surface area contributed by atoms with Crippen LogP contribution in [0.1, 0.15) is 11.3 Å².